The van der Waals surface area contributed by atoms with Crippen LogP contribution in [0, 0.1) is 0 Å². The quantitative estimate of drug-likeness (QED) is 0.698. The number of benzene rings is 2. The molecule has 3 aromatic rings. The maximum atomic E-state index is 5.88. The summed E-state index contributed by atoms with van der Waals surface area (Å²) >= 11 is 1.63. The number of nitrogens with one attached hydrogen (secondary N) is 1. The minimum absolute atomic E-state index is 0.0856. The van der Waals surface area contributed by atoms with Gasteiger partial charge >= 0.3 is 0 Å². The highest BCUT2D eigenvalue weighted by Gasteiger charge is 2.26. The predicted molar refractivity (Wildman–Crippen MR) is 114 cm³/mol. The fourth-order valence-corrected chi connectivity index (χ4v) is 4.20. The van der Waals surface area contributed by atoms with Crippen molar-refractivity contribution in [3.05, 3.63) is 65.5 Å². The number of ether oxygens (including phenoxy) is 2. The Morgan fingerprint density at radius 1 is 1.17 bits per heavy atom. The smallest absolute Gasteiger partial charge is 0.213 e. The van der Waals surface area contributed by atoms with Crippen molar-refractivity contribution in [1.29, 1.82) is 0 Å². The van der Waals surface area contributed by atoms with E-state index in [0.717, 1.165) is 33.7 Å². The van der Waals surface area contributed by atoms with Crippen LogP contribution >= 0.6 is 11.8 Å². The Balaban J connectivity index is 1.29. The summed E-state index contributed by atoms with van der Waals surface area (Å²) in [6.07, 6.45) is 4.11. The lowest BCUT2D eigenvalue weighted by atomic mass is 10.1. The number of fused-ring (bicyclic) bond motifs is 2. The number of nitrogens with zero attached hydrogens (tertiary/aromatic N) is 4. The summed E-state index contributed by atoms with van der Waals surface area (Å²) in [5.74, 6) is 2.51. The minimum Gasteiger partial charge on any atom is -0.497 e. The van der Waals surface area contributed by atoms with Gasteiger partial charge in [0.15, 0.2) is 5.82 Å². The highest BCUT2D eigenvalue weighted by atomic mass is 32.2. The number of aromatic nitrogens is 3. The first-order valence-electron chi connectivity index (χ1n) is 9.26. The zero-order valence-electron chi connectivity index (χ0n) is 15.8. The van der Waals surface area contributed by atoms with Gasteiger partial charge in [-0.15, -0.1) is 10.2 Å². The van der Waals surface area contributed by atoms with E-state index < -0.39 is 0 Å². The van der Waals surface area contributed by atoms with Crippen LogP contribution in [0.25, 0.3) is 6.08 Å². The average Bonchev–Trinajstić information content (AvgIpc) is 3.20. The zero-order valence-corrected chi connectivity index (χ0v) is 16.6. The molecule has 0 fully saturated rings. The van der Waals surface area contributed by atoms with Crippen LogP contribution in [0.1, 0.15) is 11.4 Å². The molecule has 1 N–H and O–H groups in total. The minimum atomic E-state index is 0.0856. The molecule has 2 aliphatic rings. The average molecular weight is 405 g/mol. The third-order valence-electron chi connectivity index (χ3n) is 4.79. The molecule has 0 bridgehead atoms. The maximum Gasteiger partial charge on any atom is 0.213 e. The van der Waals surface area contributed by atoms with E-state index in [2.05, 4.69) is 32.8 Å². The molecule has 1 unspecified atom stereocenters. The molecular formula is C21H19N5O2S. The summed E-state index contributed by atoms with van der Waals surface area (Å²) in [5.41, 5.74) is 3.25. The van der Waals surface area contributed by atoms with E-state index in [9.17, 15) is 0 Å². The number of thioether (sulfide) groups is 1. The van der Waals surface area contributed by atoms with Gasteiger partial charge in [0.25, 0.3) is 0 Å². The van der Waals surface area contributed by atoms with Crippen molar-refractivity contribution in [3.63, 3.8) is 0 Å². The van der Waals surface area contributed by atoms with E-state index in [1.807, 2.05) is 48.7 Å². The molecule has 7 nitrogen and oxygen atoms in total. The first-order chi connectivity index (χ1) is 14.3. The molecule has 29 heavy (non-hydrogen) atoms. The second kappa shape index (κ2) is 7.63. The maximum absolute atomic E-state index is 5.88. The first kappa shape index (κ1) is 17.8. The standard InChI is InChI=1S/C21H19N5O2S/c1-27-17-8-6-16(7-9-17)22-12-20-24-25-21-26(20)23-11-19(29-21)15-10-14-4-2-3-5-18(14)28-13-15/h2-11,19,22H,12-13H2,1H3. The molecule has 0 aliphatic carbocycles. The number of hydrogen-bond donors (Lipinski definition) is 1. The molecule has 146 valence electrons. The van der Waals surface area contributed by atoms with E-state index >= 15 is 0 Å². The van der Waals surface area contributed by atoms with Gasteiger partial charge in [-0.05, 0) is 42.0 Å². The second-order valence-corrected chi connectivity index (χ2v) is 7.75. The molecule has 5 rings (SSSR count). The molecule has 0 saturated carbocycles. The Kier molecular flexibility index (Phi) is 4.69. The van der Waals surface area contributed by atoms with Crippen molar-refractivity contribution in [2.75, 3.05) is 19.0 Å². The Bertz CT molecular complexity index is 1090. The molecule has 8 heteroatoms. The number of hydrogen-bond acceptors (Lipinski definition) is 7. The monoisotopic (exact) mass is 405 g/mol. The molecule has 0 saturated heterocycles. The van der Waals surface area contributed by atoms with E-state index in [0.29, 0.717) is 13.2 Å². The van der Waals surface area contributed by atoms with Crippen molar-refractivity contribution in [2.45, 2.75) is 17.0 Å². The van der Waals surface area contributed by atoms with Gasteiger partial charge in [0, 0.05) is 17.5 Å². The number of rotatable bonds is 5. The molecule has 1 aromatic heterocycles. The summed E-state index contributed by atoms with van der Waals surface area (Å²) in [6, 6.07) is 15.8. The fourth-order valence-electron chi connectivity index (χ4n) is 3.23. The Hall–Kier alpha value is -3.26. The van der Waals surface area contributed by atoms with Crippen LogP contribution in [-0.4, -0.2) is 40.1 Å². The van der Waals surface area contributed by atoms with Crippen LogP contribution in [0.3, 0.4) is 0 Å². The Morgan fingerprint density at radius 3 is 2.90 bits per heavy atom. The summed E-state index contributed by atoms with van der Waals surface area (Å²) in [5, 5.41) is 17.4. The van der Waals surface area contributed by atoms with Crippen LogP contribution in [0.2, 0.25) is 0 Å². The summed E-state index contributed by atoms with van der Waals surface area (Å²) in [6.45, 7) is 1.09. The highest BCUT2D eigenvalue weighted by molar-refractivity contribution is 8.00. The van der Waals surface area contributed by atoms with Gasteiger partial charge in [0.05, 0.1) is 18.9 Å². The number of methoxy groups -OCH3 is 1. The van der Waals surface area contributed by atoms with Crippen molar-refractivity contribution in [3.8, 4) is 11.5 Å². The summed E-state index contributed by atoms with van der Waals surface area (Å²) in [4.78, 5) is 0. The van der Waals surface area contributed by atoms with Gasteiger partial charge < -0.3 is 14.8 Å². The van der Waals surface area contributed by atoms with Gasteiger partial charge in [-0.3, -0.25) is 0 Å². The van der Waals surface area contributed by atoms with Crippen LogP contribution in [0.5, 0.6) is 11.5 Å². The van der Waals surface area contributed by atoms with Crippen molar-refractivity contribution in [1.82, 2.24) is 14.9 Å². The number of para-hydroxylation sites is 1. The molecule has 0 spiro atoms. The third-order valence-corrected chi connectivity index (χ3v) is 5.93. The first-order valence-corrected chi connectivity index (χ1v) is 10.1. The van der Waals surface area contributed by atoms with E-state index in [-0.39, 0.29) is 5.25 Å². The number of anilines is 1. The van der Waals surface area contributed by atoms with Gasteiger partial charge in [-0.25, -0.2) is 0 Å². The molecule has 0 radical (unpaired) electrons. The molecule has 2 aromatic carbocycles. The van der Waals surface area contributed by atoms with Crippen LogP contribution < -0.4 is 14.8 Å². The topological polar surface area (TPSA) is 73.6 Å². The predicted octanol–water partition coefficient (Wildman–Crippen LogP) is 3.68. The summed E-state index contributed by atoms with van der Waals surface area (Å²) in [7, 11) is 1.65. The molecule has 1 atom stereocenters. The zero-order chi connectivity index (χ0) is 19.6. The molecule has 3 heterocycles. The van der Waals surface area contributed by atoms with Gasteiger partial charge in [-0.2, -0.15) is 9.78 Å². The molecule has 2 aliphatic heterocycles. The normalized spacial score (nSPS) is 17.0. The highest BCUT2D eigenvalue weighted by Crippen LogP contribution is 2.34. The van der Waals surface area contributed by atoms with E-state index in [4.69, 9.17) is 9.47 Å². The van der Waals surface area contributed by atoms with Gasteiger partial charge in [0.1, 0.15) is 18.1 Å². The van der Waals surface area contributed by atoms with Gasteiger partial charge in [-0.1, -0.05) is 30.0 Å². The van der Waals surface area contributed by atoms with E-state index in [1.165, 1.54) is 5.57 Å². The lowest BCUT2D eigenvalue weighted by Gasteiger charge is -2.23. The summed E-state index contributed by atoms with van der Waals surface area (Å²) < 4.78 is 12.9. The lowest BCUT2D eigenvalue weighted by Crippen LogP contribution is -2.22. The Labute approximate surface area is 172 Å². The van der Waals surface area contributed by atoms with E-state index in [1.54, 1.807) is 23.5 Å². The van der Waals surface area contributed by atoms with Crippen molar-refractivity contribution in [2.24, 2.45) is 5.10 Å². The Morgan fingerprint density at radius 2 is 2.03 bits per heavy atom. The van der Waals surface area contributed by atoms with Gasteiger partial charge in [0.2, 0.25) is 5.16 Å². The SMILES string of the molecule is COc1ccc(NCc2nnc3n2N=CC(C2=Cc4ccccc4OC2)S3)cc1. The molecule has 0 amide bonds. The fraction of sp³-hybridized carbons (Fsp3) is 0.190. The third kappa shape index (κ3) is 3.58. The largest absolute Gasteiger partial charge is 0.497 e. The van der Waals surface area contributed by atoms with Crippen LogP contribution in [-0.2, 0) is 6.54 Å². The molecular weight excluding hydrogens is 386 g/mol. The van der Waals surface area contributed by atoms with Crippen molar-refractivity contribution >= 4 is 29.7 Å². The second-order valence-electron chi connectivity index (χ2n) is 6.64. The van der Waals surface area contributed by atoms with Crippen LogP contribution in [0.15, 0.2) is 64.4 Å². The van der Waals surface area contributed by atoms with Crippen LogP contribution in [0.4, 0.5) is 5.69 Å². The lowest BCUT2D eigenvalue weighted by molar-refractivity contribution is 0.346. The van der Waals surface area contributed by atoms with Crippen molar-refractivity contribution < 1.29 is 9.47 Å².